The Morgan fingerprint density at radius 1 is 1.10 bits per heavy atom. The summed E-state index contributed by atoms with van der Waals surface area (Å²) in [4.78, 5) is 29.2. The average molecular weight is 429 g/mol. The van der Waals surface area contributed by atoms with Gasteiger partial charge in [0, 0.05) is 25.9 Å². The van der Waals surface area contributed by atoms with E-state index in [1.165, 1.54) is 0 Å². The van der Waals surface area contributed by atoms with Crippen molar-refractivity contribution < 1.29 is 41.1 Å². The number of hydrogen-bond acceptors (Lipinski definition) is 5. The second-order valence-electron chi connectivity index (χ2n) is 8.40. The van der Waals surface area contributed by atoms with E-state index in [0.717, 1.165) is 4.90 Å². The first-order valence-electron chi connectivity index (χ1n) is 9.04. The van der Waals surface area contributed by atoms with E-state index < -0.39 is 72.6 Å². The maximum Gasteiger partial charge on any atom is 0.410 e. The smallest absolute Gasteiger partial charge is 0.410 e. The fourth-order valence-electron chi connectivity index (χ4n) is 3.17. The number of alkyl halides is 5. The van der Waals surface area contributed by atoms with Crippen LogP contribution < -0.4 is 5.73 Å². The standard InChI is InChI=1S/C17H24F5N3O4/c1-14(2,3)28-13(27)25-6-4-15(5-7-25,17(20,21)22)12(23)24-29-11(26)10-8-16(18,19)9-10/h10H,4-9H2,1-3H3,(H2,23,24). The number of ether oxygens (including phenoxy) is 1. The Morgan fingerprint density at radius 3 is 2.03 bits per heavy atom. The van der Waals surface area contributed by atoms with Crippen LogP contribution in [-0.4, -0.2) is 53.6 Å². The van der Waals surface area contributed by atoms with E-state index in [9.17, 15) is 31.5 Å². The molecule has 29 heavy (non-hydrogen) atoms. The summed E-state index contributed by atoms with van der Waals surface area (Å²) in [6, 6.07) is 0. The number of carbonyl (C=O) groups is 2. The predicted molar refractivity (Wildman–Crippen MR) is 90.9 cm³/mol. The van der Waals surface area contributed by atoms with E-state index in [0.29, 0.717) is 0 Å². The van der Waals surface area contributed by atoms with Crippen molar-refractivity contribution in [2.24, 2.45) is 22.2 Å². The lowest BCUT2D eigenvalue weighted by Gasteiger charge is -2.42. The van der Waals surface area contributed by atoms with Gasteiger partial charge in [-0.25, -0.2) is 18.4 Å². The third-order valence-corrected chi connectivity index (χ3v) is 4.96. The molecule has 2 aliphatic rings. The molecular weight excluding hydrogens is 405 g/mol. The summed E-state index contributed by atoms with van der Waals surface area (Å²) in [7, 11) is 0. The number of rotatable bonds is 3. The molecule has 1 amide bonds. The van der Waals surface area contributed by atoms with Crippen LogP contribution in [0.3, 0.4) is 0 Å². The van der Waals surface area contributed by atoms with Crippen molar-refractivity contribution >= 4 is 17.9 Å². The predicted octanol–water partition coefficient (Wildman–Crippen LogP) is 3.43. The lowest BCUT2D eigenvalue weighted by Crippen LogP contribution is -2.56. The SMILES string of the molecule is CC(C)(C)OC(=O)N1CCC(/C(N)=N/OC(=O)C2CC(F)(F)C2)(C(F)(F)F)CC1. The highest BCUT2D eigenvalue weighted by Crippen LogP contribution is 2.47. The van der Waals surface area contributed by atoms with Crippen molar-refractivity contribution in [3.63, 3.8) is 0 Å². The summed E-state index contributed by atoms with van der Waals surface area (Å²) in [5, 5.41) is 3.11. The molecule has 0 aromatic rings. The first-order chi connectivity index (χ1) is 13.1. The molecule has 2 fully saturated rings. The highest BCUT2D eigenvalue weighted by molar-refractivity contribution is 5.88. The van der Waals surface area contributed by atoms with Crippen LogP contribution in [0.5, 0.6) is 0 Å². The zero-order chi connectivity index (χ0) is 22.3. The van der Waals surface area contributed by atoms with Gasteiger partial charge in [-0.3, -0.25) is 0 Å². The fourth-order valence-corrected chi connectivity index (χ4v) is 3.17. The number of halogens is 5. The van der Waals surface area contributed by atoms with Gasteiger partial charge in [0.25, 0.3) is 0 Å². The Morgan fingerprint density at radius 2 is 1.62 bits per heavy atom. The molecule has 1 aliphatic heterocycles. The van der Waals surface area contributed by atoms with Crippen LogP contribution in [0.4, 0.5) is 26.7 Å². The zero-order valence-corrected chi connectivity index (χ0v) is 16.3. The summed E-state index contributed by atoms with van der Waals surface area (Å²) < 4.78 is 72.1. The average Bonchev–Trinajstić information content (AvgIpc) is 2.54. The van der Waals surface area contributed by atoms with Crippen LogP contribution in [-0.2, 0) is 14.4 Å². The van der Waals surface area contributed by atoms with Gasteiger partial charge in [-0.1, -0.05) is 5.16 Å². The molecule has 0 aromatic heterocycles. The summed E-state index contributed by atoms with van der Waals surface area (Å²) in [5.41, 5.74) is 2.12. The van der Waals surface area contributed by atoms with Crippen LogP contribution in [0.1, 0.15) is 46.5 Å². The largest absolute Gasteiger partial charge is 0.444 e. The highest BCUT2D eigenvalue weighted by Gasteiger charge is 2.59. The molecule has 0 spiro atoms. The quantitative estimate of drug-likeness (QED) is 0.244. The molecule has 0 atom stereocenters. The summed E-state index contributed by atoms with van der Waals surface area (Å²) >= 11 is 0. The lowest BCUT2D eigenvalue weighted by atomic mass is 9.76. The Labute approximate surface area is 164 Å². The van der Waals surface area contributed by atoms with Gasteiger partial charge < -0.3 is 20.2 Å². The van der Waals surface area contributed by atoms with Gasteiger partial charge in [0.1, 0.15) is 11.0 Å². The van der Waals surface area contributed by atoms with Gasteiger partial charge in [0.15, 0.2) is 5.84 Å². The maximum absolute atomic E-state index is 13.8. The number of nitrogens with two attached hydrogens (primary N) is 1. The number of oxime groups is 1. The van der Waals surface area contributed by atoms with Crippen LogP contribution in [0.2, 0.25) is 0 Å². The normalized spacial score (nSPS) is 22.6. The van der Waals surface area contributed by atoms with Crippen molar-refractivity contribution in [1.29, 1.82) is 0 Å². The van der Waals surface area contributed by atoms with E-state index in [1.54, 1.807) is 20.8 Å². The summed E-state index contributed by atoms with van der Waals surface area (Å²) in [6.07, 6.45) is -8.27. The number of amides is 1. The molecule has 1 aliphatic carbocycles. The zero-order valence-electron chi connectivity index (χ0n) is 16.3. The van der Waals surface area contributed by atoms with E-state index in [2.05, 4.69) is 9.99 Å². The van der Waals surface area contributed by atoms with Gasteiger partial charge in [0.05, 0.1) is 5.92 Å². The van der Waals surface area contributed by atoms with Gasteiger partial charge in [-0.05, 0) is 33.6 Å². The number of amidine groups is 1. The maximum atomic E-state index is 13.8. The summed E-state index contributed by atoms with van der Waals surface area (Å²) in [5.74, 6) is -6.24. The van der Waals surface area contributed by atoms with E-state index >= 15 is 0 Å². The van der Waals surface area contributed by atoms with Crippen molar-refractivity contribution in [3.8, 4) is 0 Å². The van der Waals surface area contributed by atoms with Crippen molar-refractivity contribution in [2.45, 2.75) is 64.2 Å². The molecule has 7 nitrogen and oxygen atoms in total. The molecule has 1 saturated carbocycles. The molecule has 12 heteroatoms. The minimum Gasteiger partial charge on any atom is -0.444 e. The first kappa shape index (κ1) is 23.1. The molecule has 0 radical (unpaired) electrons. The molecule has 0 aromatic carbocycles. The Hall–Kier alpha value is -2.14. The molecule has 166 valence electrons. The monoisotopic (exact) mass is 429 g/mol. The number of likely N-dealkylation sites (tertiary alicyclic amines) is 1. The minimum atomic E-state index is -4.82. The third-order valence-electron chi connectivity index (χ3n) is 4.96. The molecular formula is C17H24F5N3O4. The van der Waals surface area contributed by atoms with Gasteiger partial charge in [-0.2, -0.15) is 13.2 Å². The van der Waals surface area contributed by atoms with Gasteiger partial charge in [-0.15, -0.1) is 0 Å². The van der Waals surface area contributed by atoms with Crippen LogP contribution in [0.25, 0.3) is 0 Å². The molecule has 2 N–H and O–H groups in total. The number of nitrogens with zero attached hydrogens (tertiary/aromatic N) is 2. The van der Waals surface area contributed by atoms with Gasteiger partial charge in [0.2, 0.25) is 5.92 Å². The number of carbonyl (C=O) groups excluding carboxylic acids is 2. The molecule has 1 saturated heterocycles. The Balaban J connectivity index is 2.06. The number of piperidine rings is 1. The highest BCUT2D eigenvalue weighted by atomic mass is 19.4. The molecule has 0 bridgehead atoms. The van der Waals surface area contributed by atoms with Crippen LogP contribution in [0, 0.1) is 11.3 Å². The summed E-state index contributed by atoms with van der Waals surface area (Å²) in [6.45, 7) is 4.30. The Bertz CT molecular complexity index is 672. The fraction of sp³-hybridized carbons (Fsp3) is 0.824. The van der Waals surface area contributed by atoms with Crippen LogP contribution in [0.15, 0.2) is 5.16 Å². The van der Waals surface area contributed by atoms with E-state index in [1.807, 2.05) is 0 Å². The van der Waals surface area contributed by atoms with Gasteiger partial charge >= 0.3 is 18.2 Å². The number of hydrogen-bond donors (Lipinski definition) is 1. The van der Waals surface area contributed by atoms with E-state index in [4.69, 9.17) is 10.5 Å². The topological polar surface area (TPSA) is 94.2 Å². The van der Waals surface area contributed by atoms with E-state index in [-0.39, 0.29) is 13.1 Å². The lowest BCUT2D eigenvalue weighted by molar-refractivity contribution is -0.210. The third kappa shape index (κ3) is 5.27. The molecule has 2 rings (SSSR count). The Kier molecular flexibility index (Phi) is 6.06. The van der Waals surface area contributed by atoms with Crippen molar-refractivity contribution in [2.75, 3.05) is 13.1 Å². The molecule has 1 heterocycles. The minimum absolute atomic E-state index is 0.298. The second-order valence-corrected chi connectivity index (χ2v) is 8.40. The first-order valence-corrected chi connectivity index (χ1v) is 9.04. The van der Waals surface area contributed by atoms with Crippen molar-refractivity contribution in [1.82, 2.24) is 4.90 Å². The second kappa shape index (κ2) is 7.60. The molecule has 0 unspecified atom stereocenters. The van der Waals surface area contributed by atoms with Crippen molar-refractivity contribution in [3.05, 3.63) is 0 Å². The van der Waals surface area contributed by atoms with Crippen LogP contribution >= 0.6 is 0 Å².